The molecule has 1 rings (SSSR count). The van der Waals surface area contributed by atoms with E-state index in [2.05, 4.69) is 58.5 Å². The second-order valence-electron chi connectivity index (χ2n) is 5.50. The van der Waals surface area contributed by atoms with Crippen molar-refractivity contribution in [2.75, 3.05) is 13.2 Å². The van der Waals surface area contributed by atoms with Crippen molar-refractivity contribution in [3.05, 3.63) is 53.6 Å². The Bertz CT molecular complexity index is 433. The van der Waals surface area contributed by atoms with Gasteiger partial charge in [0.15, 0.2) is 0 Å². The first-order chi connectivity index (χ1) is 9.44. The van der Waals surface area contributed by atoms with Gasteiger partial charge in [-0.1, -0.05) is 53.6 Å². The molecular weight excluding hydrogens is 264 g/mol. The normalized spacial score (nSPS) is 11.1. The third kappa shape index (κ3) is 5.86. The standard InChI is InChI=1S/C17H26O2Si/c1-15(2)11-13-18-20(5,19-14-12-16(3)4)17-9-7-6-8-10-17/h6-12H,13-14H2,1-5H3. The summed E-state index contributed by atoms with van der Waals surface area (Å²) in [5.74, 6) is 0. The fourth-order valence-corrected chi connectivity index (χ4v) is 3.70. The van der Waals surface area contributed by atoms with Crippen LogP contribution in [-0.2, 0) is 8.85 Å². The van der Waals surface area contributed by atoms with E-state index >= 15 is 0 Å². The SMILES string of the molecule is CC(C)=CCO[Si](C)(OCC=C(C)C)c1ccccc1. The first kappa shape index (κ1) is 16.9. The fourth-order valence-electron chi connectivity index (χ4n) is 1.68. The van der Waals surface area contributed by atoms with Crippen LogP contribution in [0.25, 0.3) is 0 Å². The first-order valence-corrected chi connectivity index (χ1v) is 9.36. The molecule has 0 aliphatic heterocycles. The smallest absolute Gasteiger partial charge is 0.369 e. The van der Waals surface area contributed by atoms with Crippen LogP contribution in [0.3, 0.4) is 0 Å². The van der Waals surface area contributed by atoms with Gasteiger partial charge in [-0.15, -0.1) is 0 Å². The molecule has 0 spiro atoms. The molecule has 0 unspecified atom stereocenters. The van der Waals surface area contributed by atoms with E-state index in [1.54, 1.807) is 0 Å². The van der Waals surface area contributed by atoms with Gasteiger partial charge in [-0.3, -0.25) is 0 Å². The molecule has 20 heavy (non-hydrogen) atoms. The number of allylic oxidation sites excluding steroid dienone is 2. The summed E-state index contributed by atoms with van der Waals surface area (Å²) in [5.41, 5.74) is 2.53. The summed E-state index contributed by atoms with van der Waals surface area (Å²) < 4.78 is 12.2. The van der Waals surface area contributed by atoms with Crippen molar-refractivity contribution in [3.63, 3.8) is 0 Å². The molecule has 0 N–H and O–H groups in total. The Morgan fingerprint density at radius 1 is 0.900 bits per heavy atom. The average molecular weight is 290 g/mol. The maximum atomic E-state index is 6.12. The van der Waals surface area contributed by atoms with Crippen LogP contribution in [0.15, 0.2) is 53.6 Å². The Morgan fingerprint density at radius 3 is 1.75 bits per heavy atom. The lowest BCUT2D eigenvalue weighted by atomic mass is 10.3. The number of hydrogen-bond donors (Lipinski definition) is 0. The van der Waals surface area contributed by atoms with E-state index in [4.69, 9.17) is 8.85 Å². The highest BCUT2D eigenvalue weighted by molar-refractivity contribution is 6.80. The van der Waals surface area contributed by atoms with Gasteiger partial charge in [0.2, 0.25) is 0 Å². The molecule has 0 aliphatic carbocycles. The molecule has 0 aliphatic rings. The maximum absolute atomic E-state index is 6.12. The predicted octanol–water partition coefficient (Wildman–Crippen LogP) is 3.93. The van der Waals surface area contributed by atoms with Gasteiger partial charge >= 0.3 is 8.56 Å². The highest BCUT2D eigenvalue weighted by atomic mass is 28.4. The summed E-state index contributed by atoms with van der Waals surface area (Å²) in [6.07, 6.45) is 4.19. The molecule has 1 aromatic carbocycles. The highest BCUT2D eigenvalue weighted by Crippen LogP contribution is 2.09. The van der Waals surface area contributed by atoms with Gasteiger partial charge < -0.3 is 8.85 Å². The van der Waals surface area contributed by atoms with Crippen molar-refractivity contribution in [2.45, 2.75) is 34.2 Å². The van der Waals surface area contributed by atoms with Crippen molar-refractivity contribution >= 4 is 13.7 Å². The van der Waals surface area contributed by atoms with Crippen LogP contribution in [0.1, 0.15) is 27.7 Å². The van der Waals surface area contributed by atoms with E-state index in [1.807, 2.05) is 18.2 Å². The van der Waals surface area contributed by atoms with Crippen molar-refractivity contribution in [1.82, 2.24) is 0 Å². The molecule has 110 valence electrons. The summed E-state index contributed by atoms with van der Waals surface area (Å²) in [4.78, 5) is 0. The van der Waals surface area contributed by atoms with Crippen molar-refractivity contribution in [2.24, 2.45) is 0 Å². The first-order valence-electron chi connectivity index (χ1n) is 7.04. The van der Waals surface area contributed by atoms with E-state index in [-0.39, 0.29) is 0 Å². The lowest BCUT2D eigenvalue weighted by molar-refractivity contribution is 0.220. The summed E-state index contributed by atoms with van der Waals surface area (Å²) in [6.45, 7) is 11.6. The van der Waals surface area contributed by atoms with Crippen LogP contribution in [0, 0.1) is 0 Å². The molecule has 0 atom stereocenters. The molecule has 0 fully saturated rings. The van der Waals surface area contributed by atoms with Crippen LogP contribution in [0.4, 0.5) is 0 Å². The van der Waals surface area contributed by atoms with Crippen LogP contribution >= 0.6 is 0 Å². The zero-order valence-electron chi connectivity index (χ0n) is 13.3. The molecule has 0 bridgehead atoms. The van der Waals surface area contributed by atoms with Crippen LogP contribution in [0.5, 0.6) is 0 Å². The quantitative estimate of drug-likeness (QED) is 0.559. The van der Waals surface area contributed by atoms with Gasteiger partial charge in [-0.2, -0.15) is 0 Å². The zero-order chi connectivity index (χ0) is 15.0. The van der Waals surface area contributed by atoms with Crippen molar-refractivity contribution in [1.29, 1.82) is 0 Å². The zero-order valence-corrected chi connectivity index (χ0v) is 14.3. The Labute approximate surface area is 124 Å². The van der Waals surface area contributed by atoms with E-state index < -0.39 is 8.56 Å². The molecule has 0 radical (unpaired) electrons. The Hall–Kier alpha value is -1.16. The monoisotopic (exact) mass is 290 g/mol. The van der Waals surface area contributed by atoms with Crippen LogP contribution in [0.2, 0.25) is 6.55 Å². The lowest BCUT2D eigenvalue weighted by Gasteiger charge is -2.26. The molecule has 2 nitrogen and oxygen atoms in total. The van der Waals surface area contributed by atoms with E-state index in [0.29, 0.717) is 13.2 Å². The molecule has 0 aromatic heterocycles. The number of rotatable bonds is 7. The summed E-state index contributed by atoms with van der Waals surface area (Å²) in [7, 11) is -2.35. The van der Waals surface area contributed by atoms with Gasteiger partial charge in [-0.25, -0.2) is 0 Å². The summed E-state index contributed by atoms with van der Waals surface area (Å²) >= 11 is 0. The average Bonchev–Trinajstić information content (AvgIpc) is 2.39. The topological polar surface area (TPSA) is 18.5 Å². The lowest BCUT2D eigenvalue weighted by Crippen LogP contribution is -2.51. The largest absolute Gasteiger partial charge is 0.387 e. The van der Waals surface area contributed by atoms with Gasteiger partial charge in [0.05, 0.1) is 13.2 Å². The van der Waals surface area contributed by atoms with E-state index in [9.17, 15) is 0 Å². The minimum Gasteiger partial charge on any atom is -0.387 e. The minimum atomic E-state index is -2.35. The van der Waals surface area contributed by atoms with Gasteiger partial charge in [0.25, 0.3) is 0 Å². The van der Waals surface area contributed by atoms with Crippen molar-refractivity contribution in [3.8, 4) is 0 Å². The minimum absolute atomic E-state index is 0.606. The molecule has 0 saturated carbocycles. The number of hydrogen-bond acceptors (Lipinski definition) is 2. The third-order valence-electron chi connectivity index (χ3n) is 3.00. The van der Waals surface area contributed by atoms with Crippen LogP contribution < -0.4 is 5.19 Å². The fraction of sp³-hybridized carbons (Fsp3) is 0.412. The molecular formula is C17H26O2Si. The predicted molar refractivity (Wildman–Crippen MR) is 88.5 cm³/mol. The maximum Gasteiger partial charge on any atom is 0.369 e. The molecule has 0 saturated heterocycles. The molecule has 3 heteroatoms. The summed E-state index contributed by atoms with van der Waals surface area (Å²) in [6, 6.07) is 10.3. The van der Waals surface area contributed by atoms with Crippen LogP contribution in [-0.4, -0.2) is 21.8 Å². The van der Waals surface area contributed by atoms with Gasteiger partial charge in [-0.05, 0) is 39.4 Å². The second-order valence-corrected chi connectivity index (χ2v) is 8.54. The number of benzene rings is 1. The Kier molecular flexibility index (Phi) is 6.92. The highest BCUT2D eigenvalue weighted by Gasteiger charge is 2.33. The van der Waals surface area contributed by atoms with E-state index in [1.165, 1.54) is 16.3 Å². The molecule has 0 amide bonds. The molecule has 0 heterocycles. The molecule has 1 aromatic rings. The van der Waals surface area contributed by atoms with Crippen molar-refractivity contribution < 1.29 is 8.85 Å². The Morgan fingerprint density at radius 2 is 1.35 bits per heavy atom. The second kappa shape index (κ2) is 8.20. The van der Waals surface area contributed by atoms with Gasteiger partial charge in [0.1, 0.15) is 0 Å². The summed E-state index contributed by atoms with van der Waals surface area (Å²) in [5, 5.41) is 1.17. The van der Waals surface area contributed by atoms with E-state index in [0.717, 1.165) is 0 Å². The Balaban J connectivity index is 2.82. The third-order valence-corrected chi connectivity index (χ3v) is 5.82. The van der Waals surface area contributed by atoms with Gasteiger partial charge in [0, 0.05) is 0 Å².